The highest BCUT2D eigenvalue weighted by atomic mass is 32.2. The summed E-state index contributed by atoms with van der Waals surface area (Å²) in [5.74, 6) is -0.863. The molecule has 0 spiro atoms. The number of carbonyl (C=O) groups is 1. The Morgan fingerprint density at radius 2 is 2.21 bits per heavy atom. The minimum atomic E-state index is -3.16. The number of hydrogen-bond acceptors (Lipinski definition) is 6. The molecule has 82 valence electrons. The van der Waals surface area contributed by atoms with E-state index in [1.165, 1.54) is 7.11 Å². The van der Waals surface area contributed by atoms with Crippen LogP contribution >= 0.6 is 0 Å². The molecule has 7 heteroatoms. The lowest BCUT2D eigenvalue weighted by Gasteiger charge is -2.13. The number of carbonyl (C=O) groups excluding carboxylic acids is 1. The SMILES string of the molecule is COC(=O)CNC1CS(=O)(=O)CC1O. The summed E-state index contributed by atoms with van der Waals surface area (Å²) in [5.41, 5.74) is 0. The van der Waals surface area contributed by atoms with E-state index in [0.717, 1.165) is 0 Å². The van der Waals surface area contributed by atoms with Gasteiger partial charge in [0, 0.05) is 6.04 Å². The van der Waals surface area contributed by atoms with Gasteiger partial charge in [0.15, 0.2) is 9.84 Å². The van der Waals surface area contributed by atoms with E-state index in [4.69, 9.17) is 0 Å². The fraction of sp³-hybridized carbons (Fsp3) is 0.857. The van der Waals surface area contributed by atoms with Crippen LogP contribution in [0.1, 0.15) is 0 Å². The molecule has 0 saturated carbocycles. The van der Waals surface area contributed by atoms with E-state index in [1.54, 1.807) is 0 Å². The second-order valence-electron chi connectivity index (χ2n) is 3.21. The third-order valence-electron chi connectivity index (χ3n) is 2.06. The molecule has 2 N–H and O–H groups in total. The van der Waals surface area contributed by atoms with Crippen molar-refractivity contribution in [3.63, 3.8) is 0 Å². The normalized spacial score (nSPS) is 30.1. The molecule has 1 fully saturated rings. The Bertz CT molecular complexity index is 312. The lowest BCUT2D eigenvalue weighted by atomic mass is 10.2. The minimum Gasteiger partial charge on any atom is -0.468 e. The Balaban J connectivity index is 2.44. The van der Waals surface area contributed by atoms with Gasteiger partial charge in [-0.05, 0) is 0 Å². The number of rotatable bonds is 3. The van der Waals surface area contributed by atoms with Crippen LogP contribution in [0, 0.1) is 0 Å². The molecule has 14 heavy (non-hydrogen) atoms. The molecule has 6 nitrogen and oxygen atoms in total. The number of aliphatic hydroxyl groups excluding tert-OH is 1. The number of ether oxygens (including phenoxy) is 1. The maximum absolute atomic E-state index is 11.0. The highest BCUT2D eigenvalue weighted by molar-refractivity contribution is 7.91. The molecule has 0 radical (unpaired) electrons. The second-order valence-corrected chi connectivity index (χ2v) is 5.36. The summed E-state index contributed by atoms with van der Waals surface area (Å²) >= 11 is 0. The number of sulfone groups is 1. The molecule has 1 rings (SSSR count). The molecule has 0 amide bonds. The van der Waals surface area contributed by atoms with E-state index in [-0.39, 0.29) is 18.1 Å². The molecule has 0 aromatic rings. The minimum absolute atomic E-state index is 0.0895. The zero-order valence-electron chi connectivity index (χ0n) is 7.76. The van der Waals surface area contributed by atoms with Gasteiger partial charge >= 0.3 is 5.97 Å². The monoisotopic (exact) mass is 223 g/mol. The average molecular weight is 223 g/mol. The molecular weight excluding hydrogens is 210 g/mol. The summed E-state index contributed by atoms with van der Waals surface area (Å²) in [6, 6.07) is -0.570. The highest BCUT2D eigenvalue weighted by Gasteiger charge is 2.36. The van der Waals surface area contributed by atoms with Crippen LogP contribution in [-0.2, 0) is 19.4 Å². The average Bonchev–Trinajstić information content (AvgIpc) is 2.35. The van der Waals surface area contributed by atoms with E-state index < -0.39 is 28.0 Å². The Labute approximate surface area is 82.2 Å². The zero-order valence-corrected chi connectivity index (χ0v) is 8.58. The van der Waals surface area contributed by atoms with Crippen molar-refractivity contribution in [3.05, 3.63) is 0 Å². The highest BCUT2D eigenvalue weighted by Crippen LogP contribution is 2.11. The van der Waals surface area contributed by atoms with E-state index in [0.29, 0.717) is 0 Å². The molecule has 1 heterocycles. The van der Waals surface area contributed by atoms with Gasteiger partial charge in [-0.1, -0.05) is 0 Å². The van der Waals surface area contributed by atoms with Gasteiger partial charge in [-0.2, -0.15) is 0 Å². The molecule has 1 aliphatic heterocycles. The molecule has 2 atom stereocenters. The molecule has 0 aromatic carbocycles. The van der Waals surface area contributed by atoms with Crippen molar-refractivity contribution in [2.75, 3.05) is 25.2 Å². The smallest absolute Gasteiger partial charge is 0.319 e. The van der Waals surface area contributed by atoms with Crippen molar-refractivity contribution in [3.8, 4) is 0 Å². The number of nitrogens with one attached hydrogen (secondary N) is 1. The number of hydrogen-bond donors (Lipinski definition) is 2. The van der Waals surface area contributed by atoms with Crippen molar-refractivity contribution in [2.45, 2.75) is 12.1 Å². The number of methoxy groups -OCH3 is 1. The molecule has 0 aromatic heterocycles. The fourth-order valence-electron chi connectivity index (χ4n) is 1.31. The summed E-state index contributed by atoms with van der Waals surface area (Å²) in [5, 5.41) is 12.0. The summed E-state index contributed by atoms with van der Waals surface area (Å²) in [7, 11) is -1.92. The first-order chi connectivity index (χ1) is 6.44. The molecule has 1 saturated heterocycles. The standard InChI is InChI=1S/C7H13NO5S/c1-13-7(10)2-8-5-3-14(11,12)4-6(5)9/h5-6,8-9H,2-4H2,1H3. The van der Waals surface area contributed by atoms with Gasteiger partial charge in [0.05, 0.1) is 31.3 Å². The predicted octanol–water partition coefficient (Wildman–Crippen LogP) is -2.09. The number of aliphatic hydroxyl groups is 1. The summed E-state index contributed by atoms with van der Waals surface area (Å²) in [4.78, 5) is 10.7. The van der Waals surface area contributed by atoms with Crippen LogP contribution in [0.25, 0.3) is 0 Å². The largest absolute Gasteiger partial charge is 0.468 e. The molecule has 0 bridgehead atoms. The molecule has 2 unspecified atom stereocenters. The third kappa shape index (κ3) is 2.93. The Kier molecular flexibility index (Phi) is 3.46. The Morgan fingerprint density at radius 3 is 2.64 bits per heavy atom. The van der Waals surface area contributed by atoms with Gasteiger partial charge in [0.2, 0.25) is 0 Å². The second kappa shape index (κ2) is 4.24. The van der Waals surface area contributed by atoms with Crippen molar-refractivity contribution in [1.82, 2.24) is 5.32 Å². The van der Waals surface area contributed by atoms with Crippen LogP contribution in [-0.4, -0.2) is 56.8 Å². The quantitative estimate of drug-likeness (QED) is 0.533. The van der Waals surface area contributed by atoms with Gasteiger partial charge in [-0.25, -0.2) is 8.42 Å². The van der Waals surface area contributed by atoms with Crippen LogP contribution < -0.4 is 5.32 Å². The van der Waals surface area contributed by atoms with Gasteiger partial charge in [-0.3, -0.25) is 4.79 Å². The van der Waals surface area contributed by atoms with Crippen LogP contribution in [0.4, 0.5) is 0 Å². The molecule has 0 aliphatic carbocycles. The first-order valence-corrected chi connectivity index (χ1v) is 5.95. The fourth-order valence-corrected chi connectivity index (χ4v) is 3.09. The van der Waals surface area contributed by atoms with E-state index >= 15 is 0 Å². The maximum atomic E-state index is 11.0. The molecule has 1 aliphatic rings. The van der Waals surface area contributed by atoms with E-state index in [9.17, 15) is 18.3 Å². The van der Waals surface area contributed by atoms with Gasteiger partial charge < -0.3 is 15.2 Å². The number of esters is 1. The lowest BCUT2D eigenvalue weighted by molar-refractivity contribution is -0.139. The van der Waals surface area contributed by atoms with Crippen LogP contribution in [0.3, 0.4) is 0 Å². The first-order valence-electron chi connectivity index (χ1n) is 4.13. The summed E-state index contributed by atoms with van der Waals surface area (Å²) in [6.07, 6.45) is -0.940. The Morgan fingerprint density at radius 1 is 1.57 bits per heavy atom. The van der Waals surface area contributed by atoms with Gasteiger partial charge in [0.1, 0.15) is 0 Å². The van der Waals surface area contributed by atoms with Crippen LogP contribution in [0.2, 0.25) is 0 Å². The van der Waals surface area contributed by atoms with Crippen molar-refractivity contribution >= 4 is 15.8 Å². The van der Waals surface area contributed by atoms with Gasteiger partial charge in [-0.15, -0.1) is 0 Å². The van der Waals surface area contributed by atoms with Gasteiger partial charge in [0.25, 0.3) is 0 Å². The van der Waals surface area contributed by atoms with E-state index in [1.807, 2.05) is 0 Å². The van der Waals surface area contributed by atoms with Crippen molar-refractivity contribution in [2.24, 2.45) is 0 Å². The topological polar surface area (TPSA) is 92.7 Å². The van der Waals surface area contributed by atoms with E-state index in [2.05, 4.69) is 10.1 Å². The van der Waals surface area contributed by atoms with Crippen LogP contribution in [0.15, 0.2) is 0 Å². The van der Waals surface area contributed by atoms with Crippen molar-refractivity contribution in [1.29, 1.82) is 0 Å². The van der Waals surface area contributed by atoms with Crippen LogP contribution in [0.5, 0.6) is 0 Å². The zero-order chi connectivity index (χ0) is 10.8. The Hall–Kier alpha value is -0.660. The third-order valence-corrected chi connectivity index (χ3v) is 3.78. The lowest BCUT2D eigenvalue weighted by Crippen LogP contribution is -2.41. The summed E-state index contributed by atoms with van der Waals surface area (Å²) in [6.45, 7) is -0.0895. The maximum Gasteiger partial charge on any atom is 0.319 e. The molecular formula is C7H13NO5S. The first kappa shape index (κ1) is 11.4. The van der Waals surface area contributed by atoms with Crippen molar-refractivity contribution < 1.29 is 23.1 Å². The predicted molar refractivity (Wildman–Crippen MR) is 48.5 cm³/mol. The summed E-state index contributed by atoms with van der Waals surface area (Å²) < 4.78 is 26.5.